The summed E-state index contributed by atoms with van der Waals surface area (Å²) >= 11 is 0. The predicted molar refractivity (Wildman–Crippen MR) is 134 cm³/mol. The first kappa shape index (κ1) is 25.4. The van der Waals surface area contributed by atoms with E-state index in [0.717, 1.165) is 29.9 Å². The number of nitrogens with zero attached hydrogens (tertiary/aromatic N) is 3. The normalized spacial score (nSPS) is 22.0. The number of piperazine rings is 1. The van der Waals surface area contributed by atoms with Crippen LogP contribution in [0.2, 0.25) is 0 Å². The number of carbonyl (C=O) groups excluding carboxylic acids is 1. The van der Waals surface area contributed by atoms with Crippen LogP contribution in [0.1, 0.15) is 31.9 Å². The monoisotopic (exact) mass is 474 g/mol. The Labute approximate surface area is 202 Å². The average molecular weight is 475 g/mol. The van der Waals surface area contributed by atoms with Crippen LogP contribution in [0.3, 0.4) is 0 Å². The van der Waals surface area contributed by atoms with E-state index in [1.165, 1.54) is 0 Å². The highest BCUT2D eigenvalue weighted by atomic mass is 35.5. The van der Waals surface area contributed by atoms with Crippen molar-refractivity contribution in [2.45, 2.75) is 44.8 Å². The Morgan fingerprint density at radius 3 is 2.67 bits per heavy atom. The van der Waals surface area contributed by atoms with Gasteiger partial charge in [-0.05, 0) is 18.1 Å². The lowest BCUT2D eigenvalue weighted by Gasteiger charge is -2.39. The minimum atomic E-state index is -0.265. The fourth-order valence-corrected chi connectivity index (χ4v) is 4.85. The number of nitrogens with one attached hydrogen (secondary N) is 1. The maximum atomic E-state index is 13.5. The number of halogens is 1. The lowest BCUT2D eigenvalue weighted by atomic mass is 9.87. The molecule has 1 aromatic carbocycles. The van der Waals surface area contributed by atoms with Crippen molar-refractivity contribution in [1.82, 2.24) is 14.8 Å². The van der Waals surface area contributed by atoms with E-state index in [0.29, 0.717) is 32.3 Å². The first-order valence-corrected chi connectivity index (χ1v) is 11.3. The summed E-state index contributed by atoms with van der Waals surface area (Å²) in [5, 5.41) is 3.47. The summed E-state index contributed by atoms with van der Waals surface area (Å²) in [4.78, 5) is 30.4. The van der Waals surface area contributed by atoms with Crippen molar-refractivity contribution in [1.29, 1.82) is 0 Å². The molecule has 33 heavy (non-hydrogen) atoms. The summed E-state index contributed by atoms with van der Waals surface area (Å²) < 4.78 is 7.09. The van der Waals surface area contributed by atoms with Gasteiger partial charge in [0.25, 0.3) is 5.56 Å². The van der Waals surface area contributed by atoms with Gasteiger partial charge in [0, 0.05) is 56.5 Å². The first-order chi connectivity index (χ1) is 15.3. The fourth-order valence-electron chi connectivity index (χ4n) is 4.85. The van der Waals surface area contributed by atoms with Gasteiger partial charge in [0.05, 0.1) is 25.4 Å². The molecule has 3 heterocycles. The molecule has 1 amide bonds. The van der Waals surface area contributed by atoms with E-state index < -0.39 is 0 Å². The zero-order chi connectivity index (χ0) is 22.9. The smallest absolute Gasteiger partial charge is 0.251 e. The molecule has 0 radical (unpaired) electrons. The molecule has 1 saturated heterocycles. The van der Waals surface area contributed by atoms with Crippen LogP contribution in [0.5, 0.6) is 0 Å². The highest BCUT2D eigenvalue weighted by Gasteiger charge is 2.40. The second kappa shape index (κ2) is 10.4. The van der Waals surface area contributed by atoms with E-state index >= 15 is 0 Å². The van der Waals surface area contributed by atoms with E-state index in [1.807, 2.05) is 41.4 Å². The van der Waals surface area contributed by atoms with Gasteiger partial charge < -0.3 is 19.5 Å². The lowest BCUT2D eigenvalue weighted by Crippen LogP contribution is -2.59. The van der Waals surface area contributed by atoms with Crippen molar-refractivity contribution < 1.29 is 9.53 Å². The van der Waals surface area contributed by atoms with Crippen LogP contribution >= 0.6 is 12.4 Å². The zero-order valence-corrected chi connectivity index (χ0v) is 20.7. The number of benzene rings is 1. The van der Waals surface area contributed by atoms with Crippen molar-refractivity contribution >= 4 is 24.0 Å². The third-order valence-electron chi connectivity index (χ3n) is 6.60. The van der Waals surface area contributed by atoms with E-state index in [9.17, 15) is 9.59 Å². The zero-order valence-electron chi connectivity index (χ0n) is 19.9. The molecule has 1 fully saturated rings. The van der Waals surface area contributed by atoms with E-state index in [-0.39, 0.29) is 35.3 Å². The van der Waals surface area contributed by atoms with Crippen LogP contribution in [0.15, 0.2) is 47.4 Å². The Balaban J connectivity index is 0.00000306. The number of hydrogen-bond acceptors (Lipinski definition) is 5. The van der Waals surface area contributed by atoms with Crippen molar-refractivity contribution in [2.75, 3.05) is 44.8 Å². The topological polar surface area (TPSA) is 66.8 Å². The van der Waals surface area contributed by atoms with Gasteiger partial charge >= 0.3 is 0 Å². The van der Waals surface area contributed by atoms with Crippen molar-refractivity contribution in [2.24, 2.45) is 0 Å². The maximum absolute atomic E-state index is 13.5. The highest BCUT2D eigenvalue weighted by molar-refractivity contribution is 5.97. The Kier molecular flexibility index (Phi) is 8.00. The lowest BCUT2D eigenvalue weighted by molar-refractivity contribution is -0.121. The average Bonchev–Trinajstić information content (AvgIpc) is 3.01. The third kappa shape index (κ3) is 5.49. The molecular weight excluding hydrogens is 440 g/mol. The molecule has 2 aliphatic rings. The molecule has 0 spiro atoms. The van der Waals surface area contributed by atoms with Gasteiger partial charge in [-0.3, -0.25) is 14.5 Å². The van der Waals surface area contributed by atoms with Gasteiger partial charge in [-0.25, -0.2) is 0 Å². The molecule has 0 unspecified atom stereocenters. The largest absolute Gasteiger partial charge is 0.383 e. The SMILES string of the molecule is COC[C@H]1CN[C@H](C)CN1CC(=O)N1CC(C)(C)c2cc(=O)n(Cc3ccccc3)cc21.Cl. The van der Waals surface area contributed by atoms with Crippen LogP contribution in [0.25, 0.3) is 0 Å². The Bertz CT molecular complexity index is 1020. The fraction of sp³-hybridized carbons (Fsp3) is 0.520. The number of methoxy groups -OCH3 is 1. The molecule has 2 aliphatic heterocycles. The number of hydrogen-bond donors (Lipinski definition) is 1. The van der Waals surface area contributed by atoms with E-state index in [2.05, 4.69) is 31.0 Å². The summed E-state index contributed by atoms with van der Waals surface area (Å²) in [6.45, 7) is 9.93. The van der Waals surface area contributed by atoms with Crippen molar-refractivity contribution in [3.63, 3.8) is 0 Å². The van der Waals surface area contributed by atoms with Crippen LogP contribution in [0, 0.1) is 0 Å². The number of fused-ring (bicyclic) bond motifs is 1. The van der Waals surface area contributed by atoms with Gasteiger partial charge in [-0.1, -0.05) is 44.2 Å². The predicted octanol–water partition coefficient (Wildman–Crippen LogP) is 2.25. The Hall–Kier alpha value is -2.19. The molecule has 0 saturated carbocycles. The van der Waals surface area contributed by atoms with Crippen LogP contribution in [-0.2, 0) is 21.5 Å². The van der Waals surface area contributed by atoms with Crippen LogP contribution in [0.4, 0.5) is 5.69 Å². The van der Waals surface area contributed by atoms with Gasteiger partial charge in [0.15, 0.2) is 0 Å². The van der Waals surface area contributed by atoms with E-state index in [1.54, 1.807) is 17.7 Å². The first-order valence-electron chi connectivity index (χ1n) is 11.3. The van der Waals surface area contributed by atoms with Gasteiger partial charge in [0.2, 0.25) is 5.91 Å². The number of aromatic nitrogens is 1. The number of ether oxygens (including phenoxy) is 1. The van der Waals surface area contributed by atoms with E-state index in [4.69, 9.17) is 4.74 Å². The molecule has 1 aromatic heterocycles. The third-order valence-corrected chi connectivity index (χ3v) is 6.60. The summed E-state index contributed by atoms with van der Waals surface area (Å²) in [7, 11) is 1.70. The van der Waals surface area contributed by atoms with Crippen molar-refractivity contribution in [3.8, 4) is 0 Å². The molecular formula is C25H35ClN4O3. The molecule has 4 rings (SSSR count). The number of rotatable bonds is 6. The second-order valence-corrected chi connectivity index (χ2v) is 9.74. The van der Waals surface area contributed by atoms with Crippen LogP contribution < -0.4 is 15.8 Å². The molecule has 2 aromatic rings. The van der Waals surface area contributed by atoms with Gasteiger partial charge in [-0.15, -0.1) is 12.4 Å². The molecule has 180 valence electrons. The summed E-state index contributed by atoms with van der Waals surface area (Å²) in [5.41, 5.74) is 2.55. The van der Waals surface area contributed by atoms with Crippen LogP contribution in [-0.4, -0.2) is 67.4 Å². The minimum absolute atomic E-state index is 0. The Morgan fingerprint density at radius 1 is 1.24 bits per heavy atom. The summed E-state index contributed by atoms with van der Waals surface area (Å²) in [6, 6.07) is 12.1. The molecule has 7 nitrogen and oxygen atoms in total. The molecule has 2 atom stereocenters. The quantitative estimate of drug-likeness (QED) is 0.695. The second-order valence-electron chi connectivity index (χ2n) is 9.74. The molecule has 0 aliphatic carbocycles. The minimum Gasteiger partial charge on any atom is -0.383 e. The molecule has 0 bridgehead atoms. The molecule has 8 heteroatoms. The summed E-state index contributed by atoms with van der Waals surface area (Å²) in [6.07, 6.45) is 1.87. The number of carbonyl (C=O) groups is 1. The van der Waals surface area contributed by atoms with Gasteiger partial charge in [-0.2, -0.15) is 0 Å². The maximum Gasteiger partial charge on any atom is 0.251 e. The van der Waals surface area contributed by atoms with Gasteiger partial charge in [0.1, 0.15) is 0 Å². The van der Waals surface area contributed by atoms with Crippen molar-refractivity contribution in [3.05, 3.63) is 64.1 Å². The number of pyridine rings is 1. The molecule has 1 N–H and O–H groups in total. The standard InChI is InChI=1S/C25H34N4O3.ClH/c1-18-12-27(20(11-26-18)16-32-4)15-24(31)29-17-25(2,3)21-10-23(30)28(14-22(21)29)13-19-8-6-5-7-9-19;/h5-10,14,18,20,26H,11-13,15-17H2,1-4H3;1H/t18-,20-;/m1./s1. The summed E-state index contributed by atoms with van der Waals surface area (Å²) in [5.74, 6) is 0.0666. The Morgan fingerprint density at radius 2 is 1.97 bits per heavy atom. The number of amides is 1. The number of anilines is 1. The highest BCUT2D eigenvalue weighted by Crippen LogP contribution is 2.39.